The molecule has 0 N–H and O–H groups in total. The van der Waals surface area contributed by atoms with Gasteiger partial charge in [-0.2, -0.15) is 0 Å². The summed E-state index contributed by atoms with van der Waals surface area (Å²) in [4.78, 5) is 38.3. The first kappa shape index (κ1) is 69.6. The molecule has 6 heteroatoms. The molecule has 0 aromatic carbocycles. The zero-order chi connectivity index (χ0) is 52.9. The van der Waals surface area contributed by atoms with Gasteiger partial charge in [-0.05, 0) is 109 Å². The van der Waals surface area contributed by atoms with Gasteiger partial charge in [-0.15, -0.1) is 0 Å². The van der Waals surface area contributed by atoms with Crippen LogP contribution in [-0.2, 0) is 28.6 Å². The second-order valence-electron chi connectivity index (χ2n) is 20.6. The van der Waals surface area contributed by atoms with E-state index in [4.69, 9.17) is 14.2 Å². The zero-order valence-electron chi connectivity index (χ0n) is 48.1. The van der Waals surface area contributed by atoms with Crippen LogP contribution in [0.25, 0.3) is 0 Å². The van der Waals surface area contributed by atoms with E-state index in [0.717, 1.165) is 77.0 Å². The van der Waals surface area contributed by atoms with Crippen molar-refractivity contribution >= 4 is 17.9 Å². The molecule has 0 unspecified atom stereocenters. The maximum atomic E-state index is 12.9. The zero-order valence-corrected chi connectivity index (χ0v) is 48.1. The summed E-state index contributed by atoms with van der Waals surface area (Å²) >= 11 is 0. The molecule has 0 heterocycles. The fraction of sp³-hybridized carbons (Fsp3) is 0.746. The molecule has 0 fully saturated rings. The lowest BCUT2D eigenvalue weighted by Gasteiger charge is -2.18. The number of hydrogen-bond acceptors (Lipinski definition) is 6. The van der Waals surface area contributed by atoms with E-state index in [2.05, 4.69) is 106 Å². The Balaban J connectivity index is 4.44. The Morgan fingerprint density at radius 3 is 0.890 bits per heavy atom. The van der Waals surface area contributed by atoms with Gasteiger partial charge in [0.15, 0.2) is 6.10 Å². The summed E-state index contributed by atoms with van der Waals surface area (Å²) in [5.41, 5.74) is 0. The van der Waals surface area contributed by atoms with Crippen LogP contribution in [0.2, 0.25) is 0 Å². The Hall–Kier alpha value is -3.41. The van der Waals surface area contributed by atoms with Crippen molar-refractivity contribution in [2.75, 3.05) is 13.2 Å². The molecule has 0 spiro atoms. The molecule has 0 saturated carbocycles. The molecule has 0 atom stereocenters. The van der Waals surface area contributed by atoms with Crippen LogP contribution in [0.1, 0.15) is 303 Å². The Morgan fingerprint density at radius 2 is 0.548 bits per heavy atom. The number of hydrogen-bond donors (Lipinski definition) is 0. The van der Waals surface area contributed by atoms with Gasteiger partial charge in [0, 0.05) is 19.3 Å². The van der Waals surface area contributed by atoms with Gasteiger partial charge in [0.1, 0.15) is 13.2 Å². The number of rotatable bonds is 56. The van der Waals surface area contributed by atoms with Gasteiger partial charge in [-0.1, -0.05) is 260 Å². The predicted octanol–water partition coefficient (Wildman–Crippen LogP) is 21.1. The minimum Gasteiger partial charge on any atom is -0.462 e. The molecule has 0 rings (SSSR count). The quantitative estimate of drug-likeness (QED) is 0.0261. The topological polar surface area (TPSA) is 78.9 Å². The van der Waals surface area contributed by atoms with Crippen molar-refractivity contribution in [2.45, 2.75) is 309 Å². The summed E-state index contributed by atoms with van der Waals surface area (Å²) in [5, 5.41) is 0. The summed E-state index contributed by atoms with van der Waals surface area (Å²) in [5.74, 6) is -0.952. The predicted molar refractivity (Wildman–Crippen MR) is 316 cm³/mol. The van der Waals surface area contributed by atoms with Crippen molar-refractivity contribution in [3.63, 3.8) is 0 Å². The first-order valence-corrected chi connectivity index (χ1v) is 31.1. The molecule has 0 bridgehead atoms. The monoisotopic (exact) mass is 1020 g/mol. The van der Waals surface area contributed by atoms with E-state index < -0.39 is 6.10 Å². The summed E-state index contributed by atoms with van der Waals surface area (Å²) in [7, 11) is 0. The number of unbranched alkanes of at least 4 members (excludes halogenated alkanes) is 31. The van der Waals surface area contributed by atoms with Crippen LogP contribution in [-0.4, -0.2) is 37.2 Å². The smallest absolute Gasteiger partial charge is 0.306 e. The van der Waals surface area contributed by atoms with Crippen molar-refractivity contribution in [1.82, 2.24) is 0 Å². The largest absolute Gasteiger partial charge is 0.462 e. The van der Waals surface area contributed by atoms with Crippen LogP contribution >= 0.6 is 0 Å². The molecule has 0 aliphatic carbocycles. The maximum absolute atomic E-state index is 12.9. The SMILES string of the molecule is CC/C=C\C/C=C\C/C=C\C/C=C\C/C=C\CCCC(=O)OC(COC(=O)CCCCCCCCCCC/C=C\CCCCCCCC)COC(=O)CCCCCCCCCCC/C=C\CCCCCCCC. The van der Waals surface area contributed by atoms with Crippen molar-refractivity contribution in [3.8, 4) is 0 Å². The van der Waals surface area contributed by atoms with E-state index in [1.165, 1.54) is 180 Å². The Bertz CT molecular complexity index is 1340. The molecule has 420 valence electrons. The van der Waals surface area contributed by atoms with Crippen LogP contribution < -0.4 is 0 Å². The number of allylic oxidation sites excluding steroid dienone is 14. The number of esters is 3. The highest BCUT2D eigenvalue weighted by atomic mass is 16.6. The highest BCUT2D eigenvalue weighted by Crippen LogP contribution is 2.16. The molecule has 0 aromatic heterocycles. The lowest BCUT2D eigenvalue weighted by Crippen LogP contribution is -2.30. The average molecular weight is 1020 g/mol. The van der Waals surface area contributed by atoms with Crippen LogP contribution in [0.15, 0.2) is 85.1 Å². The van der Waals surface area contributed by atoms with Crippen molar-refractivity contribution < 1.29 is 28.6 Å². The van der Waals surface area contributed by atoms with Crippen LogP contribution in [0.5, 0.6) is 0 Å². The average Bonchev–Trinajstić information content (AvgIpc) is 3.39. The fourth-order valence-electron chi connectivity index (χ4n) is 8.70. The van der Waals surface area contributed by atoms with Gasteiger partial charge in [0.2, 0.25) is 0 Å². The summed E-state index contributed by atoms with van der Waals surface area (Å²) in [6.07, 6.45) is 80.2. The fourth-order valence-corrected chi connectivity index (χ4v) is 8.70. The Labute approximate surface area is 452 Å². The van der Waals surface area contributed by atoms with E-state index in [1.54, 1.807) is 0 Å². The maximum Gasteiger partial charge on any atom is 0.306 e. The van der Waals surface area contributed by atoms with Crippen molar-refractivity contribution in [3.05, 3.63) is 85.1 Å². The molecule has 0 radical (unpaired) electrons. The van der Waals surface area contributed by atoms with E-state index in [9.17, 15) is 14.4 Å². The van der Waals surface area contributed by atoms with Gasteiger partial charge >= 0.3 is 17.9 Å². The molecule has 0 amide bonds. The standard InChI is InChI=1S/C67H116O6/c1-4-7-10-13-16-19-22-25-28-31-33-36-38-41-44-47-50-53-56-59-65(68)71-62-64(73-67(70)61-58-55-52-49-46-43-40-35-30-27-24-21-18-15-12-9-6-3)63-72-66(69)60-57-54-51-48-45-42-39-37-34-32-29-26-23-20-17-14-11-8-5-2/h9,12,18,21,25-30,40,43,49,52,64H,4-8,10-11,13-17,19-20,22-24,31-39,41-42,44-48,50-51,53-63H2,1-3H3/b12-9-,21-18-,28-25-,29-26-,30-27-,43-40-,52-49-. The summed E-state index contributed by atoms with van der Waals surface area (Å²) < 4.78 is 16.9. The molecular formula is C67H116O6. The molecule has 0 aliphatic rings. The molecule has 0 aliphatic heterocycles. The molecular weight excluding hydrogens is 901 g/mol. The van der Waals surface area contributed by atoms with E-state index in [1.807, 2.05) is 0 Å². The van der Waals surface area contributed by atoms with E-state index in [0.29, 0.717) is 19.3 Å². The first-order chi connectivity index (χ1) is 36.0. The Morgan fingerprint density at radius 1 is 0.288 bits per heavy atom. The first-order valence-electron chi connectivity index (χ1n) is 31.1. The van der Waals surface area contributed by atoms with Gasteiger partial charge in [-0.3, -0.25) is 14.4 Å². The van der Waals surface area contributed by atoms with Crippen LogP contribution in [0.4, 0.5) is 0 Å². The molecule has 73 heavy (non-hydrogen) atoms. The van der Waals surface area contributed by atoms with Gasteiger partial charge in [0.05, 0.1) is 0 Å². The lowest BCUT2D eigenvalue weighted by molar-refractivity contribution is -0.167. The second-order valence-corrected chi connectivity index (χ2v) is 20.6. The van der Waals surface area contributed by atoms with Crippen molar-refractivity contribution in [1.29, 1.82) is 0 Å². The third kappa shape index (κ3) is 59.3. The van der Waals surface area contributed by atoms with Crippen LogP contribution in [0, 0.1) is 0 Å². The van der Waals surface area contributed by atoms with E-state index in [-0.39, 0.29) is 37.5 Å². The highest BCUT2D eigenvalue weighted by Gasteiger charge is 2.19. The molecule has 0 aromatic rings. The van der Waals surface area contributed by atoms with Gasteiger partial charge in [0.25, 0.3) is 0 Å². The summed E-state index contributed by atoms with van der Waals surface area (Å²) in [6.45, 7) is 6.50. The van der Waals surface area contributed by atoms with Crippen molar-refractivity contribution in [2.24, 2.45) is 0 Å². The minimum absolute atomic E-state index is 0.0997. The number of carbonyl (C=O) groups is 3. The second kappa shape index (κ2) is 61.1. The number of ether oxygens (including phenoxy) is 3. The minimum atomic E-state index is -0.809. The van der Waals surface area contributed by atoms with E-state index >= 15 is 0 Å². The Kier molecular flexibility index (Phi) is 58.3. The number of carbonyl (C=O) groups excluding carboxylic acids is 3. The third-order valence-electron chi connectivity index (χ3n) is 13.4. The van der Waals surface area contributed by atoms with Gasteiger partial charge in [-0.25, -0.2) is 0 Å². The summed E-state index contributed by atoms with van der Waals surface area (Å²) in [6, 6.07) is 0. The molecule has 6 nitrogen and oxygen atoms in total. The lowest BCUT2D eigenvalue weighted by atomic mass is 10.1. The normalized spacial score (nSPS) is 12.3. The molecule has 0 saturated heterocycles. The third-order valence-corrected chi connectivity index (χ3v) is 13.4. The van der Waals surface area contributed by atoms with Gasteiger partial charge < -0.3 is 14.2 Å². The highest BCUT2D eigenvalue weighted by molar-refractivity contribution is 5.71. The van der Waals surface area contributed by atoms with Crippen LogP contribution in [0.3, 0.4) is 0 Å².